The zero-order chi connectivity index (χ0) is 15.3. The van der Waals surface area contributed by atoms with Crippen LogP contribution in [0.15, 0.2) is 35.0 Å². The SMILES string of the molecule is NC1=NC(N)(c2ccc3c(c2)CCC3)NC=C1C(F)(F)F. The van der Waals surface area contributed by atoms with Gasteiger partial charge in [0.25, 0.3) is 0 Å². The Kier molecular flexibility index (Phi) is 2.98. The lowest BCUT2D eigenvalue weighted by Crippen LogP contribution is -2.51. The van der Waals surface area contributed by atoms with E-state index in [0.717, 1.165) is 25.5 Å². The van der Waals surface area contributed by atoms with Gasteiger partial charge in [-0.2, -0.15) is 13.2 Å². The van der Waals surface area contributed by atoms with Crippen LogP contribution in [0.25, 0.3) is 0 Å². The van der Waals surface area contributed by atoms with Crippen molar-refractivity contribution in [1.82, 2.24) is 5.32 Å². The van der Waals surface area contributed by atoms with Gasteiger partial charge in [0, 0.05) is 11.8 Å². The quantitative estimate of drug-likeness (QED) is 0.737. The van der Waals surface area contributed by atoms with Crippen LogP contribution in [0.3, 0.4) is 0 Å². The number of rotatable bonds is 1. The molecule has 0 aromatic heterocycles. The van der Waals surface area contributed by atoms with Crippen molar-refractivity contribution in [2.24, 2.45) is 16.5 Å². The van der Waals surface area contributed by atoms with E-state index in [1.54, 1.807) is 6.07 Å². The van der Waals surface area contributed by atoms with Crippen molar-refractivity contribution in [2.45, 2.75) is 31.2 Å². The number of amidine groups is 1. The second-order valence-corrected chi connectivity index (χ2v) is 5.30. The first-order valence-corrected chi connectivity index (χ1v) is 6.61. The second-order valence-electron chi connectivity index (χ2n) is 5.30. The largest absolute Gasteiger partial charge is 0.421 e. The van der Waals surface area contributed by atoms with Crippen LogP contribution < -0.4 is 16.8 Å². The number of nitrogens with zero attached hydrogens (tertiary/aromatic N) is 1. The molecule has 2 aliphatic rings. The molecule has 1 aliphatic heterocycles. The van der Waals surface area contributed by atoms with E-state index in [9.17, 15) is 13.2 Å². The Labute approximate surface area is 119 Å². The van der Waals surface area contributed by atoms with E-state index < -0.39 is 23.4 Å². The molecule has 3 rings (SSSR count). The highest BCUT2D eigenvalue weighted by Crippen LogP contribution is 2.31. The third-order valence-corrected chi connectivity index (χ3v) is 3.85. The molecule has 0 saturated heterocycles. The topological polar surface area (TPSA) is 76.4 Å². The van der Waals surface area contributed by atoms with Crippen LogP contribution in [0.4, 0.5) is 13.2 Å². The maximum Gasteiger partial charge on any atom is 0.421 e. The molecule has 0 radical (unpaired) electrons. The van der Waals surface area contributed by atoms with Crippen molar-refractivity contribution in [1.29, 1.82) is 0 Å². The summed E-state index contributed by atoms with van der Waals surface area (Å²) >= 11 is 0. The summed E-state index contributed by atoms with van der Waals surface area (Å²) in [5.74, 6) is -2.07. The van der Waals surface area contributed by atoms with Crippen LogP contribution in [0.5, 0.6) is 0 Å². The number of alkyl halides is 3. The molecule has 0 fully saturated rings. The maximum absolute atomic E-state index is 12.7. The summed E-state index contributed by atoms with van der Waals surface area (Å²) in [5, 5.41) is 2.52. The number of nitrogens with two attached hydrogens (primary N) is 2. The Bertz CT molecular complexity index is 648. The highest BCUT2D eigenvalue weighted by Gasteiger charge is 2.41. The van der Waals surface area contributed by atoms with E-state index in [0.29, 0.717) is 5.56 Å². The Morgan fingerprint density at radius 3 is 2.57 bits per heavy atom. The Hall–Kier alpha value is -2.02. The standard InChI is InChI=1S/C14H15F3N4/c15-13(16,17)11-7-20-14(19,21-12(11)18)10-5-4-8-2-1-3-9(8)6-10/h4-7,20H,1-3,19H2,(H2,18,21). The fraction of sp³-hybridized carbons (Fsp3) is 0.357. The van der Waals surface area contributed by atoms with Crippen LogP contribution in [0, 0.1) is 0 Å². The molecule has 1 aliphatic carbocycles. The first kappa shape index (κ1) is 13.9. The number of hydrogen-bond acceptors (Lipinski definition) is 4. The molecule has 5 N–H and O–H groups in total. The van der Waals surface area contributed by atoms with Gasteiger partial charge in [-0.3, -0.25) is 5.73 Å². The molecule has 1 aromatic carbocycles. The molecular formula is C14H15F3N4. The third-order valence-electron chi connectivity index (χ3n) is 3.85. The molecule has 0 spiro atoms. The van der Waals surface area contributed by atoms with Crippen LogP contribution in [-0.2, 0) is 18.6 Å². The number of aliphatic imine (C=N–C) groups is 1. The van der Waals surface area contributed by atoms with Gasteiger partial charge in [-0.1, -0.05) is 12.1 Å². The minimum Gasteiger partial charge on any atom is -0.383 e. The summed E-state index contributed by atoms with van der Waals surface area (Å²) in [6.07, 6.45) is -0.727. The highest BCUT2D eigenvalue weighted by atomic mass is 19.4. The van der Waals surface area contributed by atoms with E-state index in [2.05, 4.69) is 10.3 Å². The molecule has 21 heavy (non-hydrogen) atoms. The predicted molar refractivity (Wildman–Crippen MR) is 73.2 cm³/mol. The molecule has 1 aromatic rings. The van der Waals surface area contributed by atoms with Gasteiger partial charge in [0.15, 0.2) is 0 Å². The number of fused-ring (bicyclic) bond motifs is 1. The van der Waals surface area contributed by atoms with Crippen molar-refractivity contribution in [3.05, 3.63) is 46.7 Å². The molecule has 0 bridgehead atoms. The molecule has 112 valence electrons. The summed E-state index contributed by atoms with van der Waals surface area (Å²) in [4.78, 5) is 3.83. The van der Waals surface area contributed by atoms with Gasteiger partial charge >= 0.3 is 6.18 Å². The third kappa shape index (κ3) is 2.37. The normalized spacial score (nSPS) is 25.0. The summed E-state index contributed by atoms with van der Waals surface area (Å²) in [5.41, 5.74) is 13.5. The van der Waals surface area contributed by atoms with E-state index >= 15 is 0 Å². The Morgan fingerprint density at radius 2 is 1.90 bits per heavy atom. The van der Waals surface area contributed by atoms with Gasteiger partial charge < -0.3 is 11.1 Å². The zero-order valence-electron chi connectivity index (χ0n) is 11.2. The lowest BCUT2D eigenvalue weighted by Gasteiger charge is -2.31. The lowest BCUT2D eigenvalue weighted by molar-refractivity contribution is -0.0870. The first-order chi connectivity index (χ1) is 9.79. The molecule has 7 heteroatoms. The van der Waals surface area contributed by atoms with Gasteiger partial charge in [-0.25, -0.2) is 4.99 Å². The van der Waals surface area contributed by atoms with Crippen molar-refractivity contribution >= 4 is 5.84 Å². The van der Waals surface area contributed by atoms with E-state index in [1.165, 1.54) is 11.1 Å². The molecule has 0 amide bonds. The maximum atomic E-state index is 12.7. The van der Waals surface area contributed by atoms with Crippen LogP contribution >= 0.6 is 0 Å². The first-order valence-electron chi connectivity index (χ1n) is 6.61. The zero-order valence-corrected chi connectivity index (χ0v) is 11.2. The van der Waals surface area contributed by atoms with Gasteiger partial charge in [-0.05, 0) is 36.5 Å². The van der Waals surface area contributed by atoms with Crippen molar-refractivity contribution in [3.8, 4) is 0 Å². The average Bonchev–Trinajstić information content (AvgIpc) is 2.84. The van der Waals surface area contributed by atoms with E-state index in [1.807, 2.05) is 12.1 Å². The molecule has 1 heterocycles. The smallest absolute Gasteiger partial charge is 0.383 e. The Balaban J connectivity index is 1.95. The molecule has 1 unspecified atom stereocenters. The number of benzene rings is 1. The van der Waals surface area contributed by atoms with Crippen molar-refractivity contribution in [3.63, 3.8) is 0 Å². The number of aryl methyl sites for hydroxylation is 2. The highest BCUT2D eigenvalue weighted by molar-refractivity contribution is 5.99. The average molecular weight is 296 g/mol. The van der Waals surface area contributed by atoms with E-state index in [4.69, 9.17) is 11.5 Å². The molecule has 4 nitrogen and oxygen atoms in total. The molecular weight excluding hydrogens is 281 g/mol. The summed E-state index contributed by atoms with van der Waals surface area (Å²) in [6, 6.07) is 5.61. The minimum absolute atomic E-state index is 0.601. The lowest BCUT2D eigenvalue weighted by atomic mass is 10.0. The number of hydrogen-bond donors (Lipinski definition) is 3. The number of nitrogens with one attached hydrogen (secondary N) is 1. The second kappa shape index (κ2) is 4.49. The summed E-state index contributed by atoms with van der Waals surface area (Å²) in [6.45, 7) is 0. The fourth-order valence-corrected chi connectivity index (χ4v) is 2.72. The molecule has 0 saturated carbocycles. The summed E-state index contributed by atoms with van der Waals surface area (Å²) < 4.78 is 38.1. The fourth-order valence-electron chi connectivity index (χ4n) is 2.72. The summed E-state index contributed by atoms with van der Waals surface area (Å²) in [7, 11) is 0. The van der Waals surface area contributed by atoms with Crippen molar-refractivity contribution in [2.75, 3.05) is 0 Å². The molecule has 1 atom stereocenters. The van der Waals surface area contributed by atoms with Gasteiger partial charge in [0.2, 0.25) is 5.79 Å². The monoisotopic (exact) mass is 296 g/mol. The predicted octanol–water partition coefficient (Wildman–Crippen LogP) is 1.65. The van der Waals surface area contributed by atoms with Crippen LogP contribution in [0.1, 0.15) is 23.1 Å². The van der Waals surface area contributed by atoms with Gasteiger partial charge in [0.05, 0.1) is 0 Å². The van der Waals surface area contributed by atoms with E-state index in [-0.39, 0.29) is 0 Å². The van der Waals surface area contributed by atoms with Crippen LogP contribution in [0.2, 0.25) is 0 Å². The minimum atomic E-state index is -4.56. The van der Waals surface area contributed by atoms with Crippen LogP contribution in [-0.4, -0.2) is 12.0 Å². The number of halogens is 3. The van der Waals surface area contributed by atoms with Crippen molar-refractivity contribution < 1.29 is 13.2 Å². The van der Waals surface area contributed by atoms with Gasteiger partial charge in [0.1, 0.15) is 11.4 Å². The Morgan fingerprint density at radius 1 is 1.19 bits per heavy atom. The van der Waals surface area contributed by atoms with Gasteiger partial charge in [-0.15, -0.1) is 0 Å².